The van der Waals surface area contributed by atoms with Gasteiger partial charge >= 0.3 is 0 Å². The maximum atomic E-state index is 5.39. The van der Waals surface area contributed by atoms with Crippen LogP contribution in [0.3, 0.4) is 0 Å². The van der Waals surface area contributed by atoms with Crippen molar-refractivity contribution in [2.75, 3.05) is 26.7 Å². The standard InChI is InChI=1S/C22H29NO.ClH/c1-3-23(15-14-18-8-5-4-6-9-18)17-20-11-7-10-19-16-21(24-2)12-13-22(19)20;/h4-6,8-9,12-13,16,20H,3,7,10-11,14-15,17H2,1-2H3;1H. The fraction of sp³-hybridized carbons (Fsp3) is 0.455. The number of likely N-dealkylation sites (N-methyl/N-ethyl adjacent to an activating group) is 1. The molecule has 0 aromatic heterocycles. The summed E-state index contributed by atoms with van der Waals surface area (Å²) in [5.41, 5.74) is 4.47. The van der Waals surface area contributed by atoms with E-state index in [1.54, 1.807) is 12.7 Å². The number of methoxy groups -OCH3 is 1. The summed E-state index contributed by atoms with van der Waals surface area (Å²) in [6.45, 7) is 5.71. The van der Waals surface area contributed by atoms with Gasteiger partial charge in [0.05, 0.1) is 7.11 Å². The Morgan fingerprint density at radius 2 is 1.92 bits per heavy atom. The van der Waals surface area contributed by atoms with Crippen molar-refractivity contribution in [3.63, 3.8) is 0 Å². The highest BCUT2D eigenvalue weighted by molar-refractivity contribution is 5.85. The molecule has 0 fully saturated rings. The lowest BCUT2D eigenvalue weighted by atomic mass is 9.82. The summed E-state index contributed by atoms with van der Waals surface area (Å²) in [5, 5.41) is 0. The number of benzene rings is 2. The summed E-state index contributed by atoms with van der Waals surface area (Å²) >= 11 is 0. The second-order valence-corrected chi connectivity index (χ2v) is 6.78. The molecule has 3 heteroatoms. The molecule has 1 aliphatic rings. The van der Waals surface area contributed by atoms with E-state index in [4.69, 9.17) is 4.74 Å². The van der Waals surface area contributed by atoms with Crippen molar-refractivity contribution in [3.05, 3.63) is 65.2 Å². The Morgan fingerprint density at radius 1 is 1.12 bits per heavy atom. The number of hydrogen-bond donors (Lipinski definition) is 0. The smallest absolute Gasteiger partial charge is 0.119 e. The zero-order valence-corrected chi connectivity index (χ0v) is 16.2. The van der Waals surface area contributed by atoms with Crippen molar-refractivity contribution in [1.29, 1.82) is 0 Å². The second kappa shape index (κ2) is 9.84. The quantitative estimate of drug-likeness (QED) is 0.681. The molecule has 0 radical (unpaired) electrons. The summed E-state index contributed by atoms with van der Waals surface area (Å²) in [7, 11) is 1.75. The van der Waals surface area contributed by atoms with E-state index in [0.29, 0.717) is 5.92 Å². The molecule has 136 valence electrons. The number of aryl methyl sites for hydroxylation is 1. The zero-order chi connectivity index (χ0) is 16.8. The average Bonchev–Trinajstić information content (AvgIpc) is 2.65. The van der Waals surface area contributed by atoms with Crippen LogP contribution in [0.25, 0.3) is 0 Å². The number of hydrogen-bond acceptors (Lipinski definition) is 2. The molecule has 0 amide bonds. The molecule has 2 nitrogen and oxygen atoms in total. The summed E-state index contributed by atoms with van der Waals surface area (Å²) in [5.74, 6) is 1.65. The number of halogens is 1. The van der Waals surface area contributed by atoms with Crippen LogP contribution < -0.4 is 4.74 Å². The third kappa shape index (κ3) is 5.23. The Kier molecular flexibility index (Phi) is 7.80. The van der Waals surface area contributed by atoms with Gasteiger partial charge in [-0.2, -0.15) is 0 Å². The molecule has 0 spiro atoms. The number of nitrogens with zero attached hydrogens (tertiary/aromatic N) is 1. The Morgan fingerprint density at radius 3 is 2.64 bits per heavy atom. The molecule has 1 aliphatic carbocycles. The number of fused-ring (bicyclic) bond motifs is 1. The van der Waals surface area contributed by atoms with Crippen LogP contribution in [0.15, 0.2) is 48.5 Å². The van der Waals surface area contributed by atoms with Crippen molar-refractivity contribution < 1.29 is 4.74 Å². The van der Waals surface area contributed by atoms with Crippen LogP contribution >= 0.6 is 12.4 Å². The summed E-state index contributed by atoms with van der Waals surface area (Å²) in [6.07, 6.45) is 4.93. The average molecular weight is 360 g/mol. The lowest BCUT2D eigenvalue weighted by molar-refractivity contribution is 0.262. The summed E-state index contributed by atoms with van der Waals surface area (Å²) < 4.78 is 5.39. The molecule has 0 heterocycles. The molecule has 1 atom stereocenters. The maximum Gasteiger partial charge on any atom is 0.119 e. The van der Waals surface area contributed by atoms with Crippen LogP contribution in [0.2, 0.25) is 0 Å². The van der Waals surface area contributed by atoms with E-state index in [1.807, 2.05) is 0 Å². The minimum Gasteiger partial charge on any atom is -0.497 e. The van der Waals surface area contributed by atoms with Crippen LogP contribution in [-0.2, 0) is 12.8 Å². The Balaban J connectivity index is 0.00000225. The molecular formula is C22H30ClNO. The summed E-state index contributed by atoms with van der Waals surface area (Å²) in [4.78, 5) is 2.61. The third-order valence-corrected chi connectivity index (χ3v) is 5.27. The van der Waals surface area contributed by atoms with Gasteiger partial charge in [0, 0.05) is 13.1 Å². The van der Waals surface area contributed by atoms with E-state index in [1.165, 1.54) is 36.9 Å². The minimum absolute atomic E-state index is 0. The molecule has 0 saturated heterocycles. The first-order valence-electron chi connectivity index (χ1n) is 9.23. The lowest BCUT2D eigenvalue weighted by Gasteiger charge is -2.31. The van der Waals surface area contributed by atoms with E-state index >= 15 is 0 Å². The first-order chi connectivity index (χ1) is 11.8. The first kappa shape index (κ1) is 19.8. The van der Waals surface area contributed by atoms with E-state index in [0.717, 1.165) is 25.3 Å². The van der Waals surface area contributed by atoms with Crippen LogP contribution in [0.4, 0.5) is 0 Å². The highest BCUT2D eigenvalue weighted by atomic mass is 35.5. The summed E-state index contributed by atoms with van der Waals surface area (Å²) in [6, 6.07) is 17.5. The normalized spacial score (nSPS) is 16.2. The number of ether oxygens (including phenoxy) is 1. The predicted octanol–water partition coefficient (Wildman–Crippen LogP) is 5.10. The Bertz CT molecular complexity index is 644. The van der Waals surface area contributed by atoms with Gasteiger partial charge in [0.1, 0.15) is 5.75 Å². The fourth-order valence-corrected chi connectivity index (χ4v) is 3.83. The van der Waals surface area contributed by atoms with E-state index in [-0.39, 0.29) is 12.4 Å². The molecule has 0 aliphatic heterocycles. The van der Waals surface area contributed by atoms with E-state index in [9.17, 15) is 0 Å². The van der Waals surface area contributed by atoms with Crippen molar-refractivity contribution >= 4 is 12.4 Å². The minimum atomic E-state index is 0. The third-order valence-electron chi connectivity index (χ3n) is 5.27. The fourth-order valence-electron chi connectivity index (χ4n) is 3.83. The Labute approximate surface area is 158 Å². The number of rotatable bonds is 7. The van der Waals surface area contributed by atoms with Crippen molar-refractivity contribution in [2.24, 2.45) is 0 Å². The first-order valence-corrected chi connectivity index (χ1v) is 9.23. The van der Waals surface area contributed by atoms with Crippen molar-refractivity contribution in [3.8, 4) is 5.75 Å². The van der Waals surface area contributed by atoms with Gasteiger partial charge < -0.3 is 9.64 Å². The van der Waals surface area contributed by atoms with Gasteiger partial charge in [-0.3, -0.25) is 0 Å². The van der Waals surface area contributed by atoms with Crippen LogP contribution in [-0.4, -0.2) is 31.6 Å². The van der Waals surface area contributed by atoms with Gasteiger partial charge in [-0.25, -0.2) is 0 Å². The maximum absolute atomic E-state index is 5.39. The lowest BCUT2D eigenvalue weighted by Crippen LogP contribution is -2.32. The highest BCUT2D eigenvalue weighted by Crippen LogP contribution is 2.34. The molecule has 0 N–H and O–H groups in total. The van der Waals surface area contributed by atoms with Crippen LogP contribution in [0.1, 0.15) is 42.4 Å². The van der Waals surface area contributed by atoms with Crippen LogP contribution in [0.5, 0.6) is 5.75 Å². The largest absolute Gasteiger partial charge is 0.497 e. The molecule has 1 unspecified atom stereocenters. The molecule has 0 bridgehead atoms. The SMILES string of the molecule is CCN(CCc1ccccc1)CC1CCCc2cc(OC)ccc21.Cl. The molecule has 0 saturated carbocycles. The van der Waals surface area contributed by atoms with Crippen LogP contribution in [0, 0.1) is 0 Å². The predicted molar refractivity (Wildman–Crippen MR) is 108 cm³/mol. The topological polar surface area (TPSA) is 12.5 Å². The van der Waals surface area contributed by atoms with E-state index < -0.39 is 0 Å². The van der Waals surface area contributed by atoms with Gasteiger partial charge in [-0.15, -0.1) is 12.4 Å². The zero-order valence-electron chi connectivity index (χ0n) is 15.4. The van der Waals surface area contributed by atoms with Crippen molar-refractivity contribution in [1.82, 2.24) is 4.90 Å². The monoisotopic (exact) mass is 359 g/mol. The molecule has 3 rings (SSSR count). The molecule has 2 aromatic carbocycles. The molecule has 2 aromatic rings. The second-order valence-electron chi connectivity index (χ2n) is 6.78. The van der Waals surface area contributed by atoms with Gasteiger partial charge in [0.15, 0.2) is 0 Å². The highest BCUT2D eigenvalue weighted by Gasteiger charge is 2.22. The van der Waals surface area contributed by atoms with Crippen molar-refractivity contribution in [2.45, 2.75) is 38.5 Å². The van der Waals surface area contributed by atoms with E-state index in [2.05, 4.69) is 60.4 Å². The van der Waals surface area contributed by atoms with Gasteiger partial charge in [0.2, 0.25) is 0 Å². The van der Waals surface area contributed by atoms with Gasteiger partial charge in [-0.05, 0) is 67.0 Å². The molecule has 25 heavy (non-hydrogen) atoms. The van der Waals surface area contributed by atoms with Gasteiger partial charge in [0.25, 0.3) is 0 Å². The molecular weight excluding hydrogens is 330 g/mol. The van der Waals surface area contributed by atoms with Gasteiger partial charge in [-0.1, -0.05) is 43.3 Å². The Hall–Kier alpha value is -1.51.